The number of Topliss-reactive ketones (excluding diaryl/α,β-unsaturated/α-hetero) is 2. The molecule has 2 spiro atoms. The summed E-state index contributed by atoms with van der Waals surface area (Å²) in [6.07, 6.45) is 11.6. The van der Waals surface area contributed by atoms with Gasteiger partial charge in [0.15, 0.2) is 0 Å². The van der Waals surface area contributed by atoms with Gasteiger partial charge in [-0.1, -0.05) is 42.3 Å². The molecule has 0 atom stereocenters. The van der Waals surface area contributed by atoms with E-state index in [2.05, 4.69) is 162 Å². The fourth-order valence-electron chi connectivity index (χ4n) is 11.8. The van der Waals surface area contributed by atoms with E-state index in [1.165, 1.54) is 48.1 Å². The van der Waals surface area contributed by atoms with Crippen molar-refractivity contribution in [1.82, 2.24) is 30.2 Å². The number of hydrogen-bond acceptors (Lipinski definition) is 21. The predicted octanol–water partition coefficient (Wildman–Crippen LogP) is 9.88. The van der Waals surface area contributed by atoms with Gasteiger partial charge in [0.1, 0.15) is 57.5 Å². The van der Waals surface area contributed by atoms with Gasteiger partial charge >= 0.3 is 0 Å². The van der Waals surface area contributed by atoms with E-state index in [1.807, 2.05) is 65.6 Å². The van der Waals surface area contributed by atoms with E-state index in [9.17, 15) is 27.6 Å². The van der Waals surface area contributed by atoms with Crippen LogP contribution in [0.3, 0.4) is 0 Å². The number of likely N-dealkylation sites (tertiary alicyclic amines) is 3. The normalized spacial score (nSPS) is 15.0. The molecule has 6 saturated heterocycles. The smallest absolute Gasteiger partial charge is 0.261 e. The lowest BCUT2D eigenvalue weighted by Crippen LogP contribution is -2.54. The zero-order valence-electron chi connectivity index (χ0n) is 67.3. The molecule has 117 heavy (non-hydrogen) atoms. The van der Waals surface area contributed by atoms with Gasteiger partial charge in [0.2, 0.25) is 0 Å². The highest BCUT2D eigenvalue weighted by atomic mass is 35.7. The Kier molecular flexibility index (Phi) is 45.6. The Morgan fingerprint density at radius 2 is 0.821 bits per heavy atom. The Bertz CT molecular complexity index is 4770. The van der Waals surface area contributed by atoms with Crippen LogP contribution in [0.5, 0.6) is 34.5 Å². The topological polar surface area (TPSA) is 260 Å². The standard InChI is InChI=1S/C23H28N2O4.C19H4.C15H22N2O2.C13H17NO2.C8H7ClO2.C7H7ClO3S.C5H9NO.C2H7NO/c1-27-20-7-3-18(4-8-20)17-24-13-11-23(12-14-24)25(15-16-29-23)22(26)19-5-9-21(28-2)10-6-19;1-3-5-7-9-11-13-15-17-19-18-16-14-12-10-8-6-4-2;1-18-14-4-2-13(3-5-14)12-17-9-6-15(7-10-17)16-8-11-19-15;1-16-13-4-2-11(3-5-13)10-14-8-6-12(15)7-9-14;1-11-7-4-2-6(3-5-7)8(9)10;1-11-6-2-4-7(5-3-6)12(8,9)10;7-5-1-3-6-4-2-5;3-1-2-4/h3-10H,11-17H2,1-2H3;1H,2H3;2-5,16H,6-12H2,1H3;2-5H,6-10H2,1H3;2-5H,1H3;2-5H,1H3;6H,1-4H2;4H,1-3H2. The number of aliphatic hydroxyl groups excluding tert-OH is 1. The van der Waals surface area contributed by atoms with Gasteiger partial charge in [-0.3, -0.25) is 39.2 Å². The molecule has 6 heterocycles. The Morgan fingerprint density at radius 1 is 0.479 bits per heavy atom. The molecule has 614 valence electrons. The minimum atomic E-state index is -3.61. The van der Waals surface area contributed by atoms with Crippen LogP contribution in [-0.4, -0.2) is 202 Å². The summed E-state index contributed by atoms with van der Waals surface area (Å²) in [6, 6.07) is 44.4. The molecule has 1 amide bonds. The van der Waals surface area contributed by atoms with E-state index in [4.69, 9.17) is 77.4 Å². The van der Waals surface area contributed by atoms with Gasteiger partial charge in [-0.05, 0) is 239 Å². The maximum absolute atomic E-state index is 13.1. The summed E-state index contributed by atoms with van der Waals surface area (Å²) in [5.74, 6) is 47.5. The van der Waals surface area contributed by atoms with Crippen molar-refractivity contribution in [2.45, 2.75) is 94.3 Å². The summed E-state index contributed by atoms with van der Waals surface area (Å²) in [6.45, 7) is 15.7. The number of carbonyl (C=O) groups is 4. The summed E-state index contributed by atoms with van der Waals surface area (Å²) in [4.78, 5) is 54.5. The van der Waals surface area contributed by atoms with E-state index >= 15 is 0 Å². The zero-order chi connectivity index (χ0) is 84.8. The quantitative estimate of drug-likeness (QED) is 0.0519. The number of rotatable bonds is 16. The molecule has 0 saturated carbocycles. The molecule has 22 nitrogen and oxygen atoms in total. The van der Waals surface area contributed by atoms with Crippen LogP contribution in [0.25, 0.3) is 0 Å². The SMILES string of the molecule is C#CC#CC#CC#CC#CC#CC#CC#CC#CC.COc1ccc(C(=O)Cl)cc1.COc1ccc(CN2CCC(=O)CC2)cc1.COc1ccc(CN2CCC3(CC2)NCCO3)cc1.COc1ccc(CN2CCC3(CC2)OCCN3C(=O)c2ccc(OC)cc2)cc1.COc1ccc(S(=O)(=O)Cl)cc1.NCCO.O=C1CCNCC1. The van der Waals surface area contributed by atoms with Crippen LogP contribution >= 0.6 is 22.3 Å². The number of hydrogen-bond donors (Lipinski definition) is 4. The number of carbonyl (C=O) groups excluding carboxylic acids is 4. The fraction of sp³-hybridized carbons (Fsp3) is 0.370. The van der Waals surface area contributed by atoms with E-state index < -0.39 is 20.0 Å². The lowest BCUT2D eigenvalue weighted by molar-refractivity contribution is -0.121. The van der Waals surface area contributed by atoms with Crippen molar-refractivity contribution >= 4 is 54.1 Å². The average Bonchev–Trinajstić information content (AvgIpc) is 1.65. The van der Waals surface area contributed by atoms with Crippen LogP contribution in [0, 0.1) is 107 Å². The highest BCUT2D eigenvalue weighted by Crippen LogP contribution is 2.36. The second-order valence-corrected chi connectivity index (χ2v) is 28.8. The minimum Gasteiger partial charge on any atom is -0.497 e. The van der Waals surface area contributed by atoms with E-state index in [-0.39, 0.29) is 23.1 Å². The molecule has 6 fully saturated rings. The van der Waals surface area contributed by atoms with E-state index in [0.29, 0.717) is 66.7 Å². The Balaban J connectivity index is 0.000000250. The van der Waals surface area contributed by atoms with Crippen LogP contribution in [0.15, 0.2) is 150 Å². The highest BCUT2D eigenvalue weighted by molar-refractivity contribution is 8.13. The molecule has 0 radical (unpaired) electrons. The van der Waals surface area contributed by atoms with Gasteiger partial charge in [0, 0.05) is 165 Å². The molecular formula is C92H101Cl2N7O15S. The number of amides is 1. The van der Waals surface area contributed by atoms with Crippen molar-refractivity contribution < 1.29 is 70.6 Å². The number of nitrogens with two attached hydrogens (primary N) is 1. The second-order valence-electron chi connectivity index (χ2n) is 25.8. The van der Waals surface area contributed by atoms with Gasteiger partial charge in [-0.25, -0.2) is 8.42 Å². The molecule has 6 aromatic rings. The van der Waals surface area contributed by atoms with Crippen molar-refractivity contribution in [1.29, 1.82) is 0 Å². The molecule has 6 aliphatic heterocycles. The number of methoxy groups -OCH3 is 6. The molecule has 5 N–H and O–H groups in total. The molecule has 0 aliphatic carbocycles. The van der Waals surface area contributed by atoms with Crippen molar-refractivity contribution in [2.75, 3.05) is 134 Å². The van der Waals surface area contributed by atoms with Gasteiger partial charge in [-0.2, -0.15) is 0 Å². The zero-order valence-corrected chi connectivity index (χ0v) is 69.6. The van der Waals surface area contributed by atoms with Crippen molar-refractivity contribution in [3.63, 3.8) is 0 Å². The molecule has 6 aliphatic rings. The van der Waals surface area contributed by atoms with Crippen molar-refractivity contribution in [3.05, 3.63) is 173 Å². The van der Waals surface area contributed by atoms with E-state index in [0.717, 1.165) is 147 Å². The maximum Gasteiger partial charge on any atom is 0.261 e. The van der Waals surface area contributed by atoms with Crippen molar-refractivity contribution in [3.8, 4) is 142 Å². The highest BCUT2D eigenvalue weighted by Gasteiger charge is 2.47. The first-order valence-corrected chi connectivity index (χ1v) is 40.3. The minimum absolute atomic E-state index is 0.0175. The first-order valence-electron chi connectivity index (χ1n) is 37.6. The van der Waals surface area contributed by atoms with Crippen LogP contribution in [-0.2, 0) is 47.7 Å². The third-order valence-electron chi connectivity index (χ3n) is 18.1. The molecule has 0 unspecified atom stereocenters. The van der Waals surface area contributed by atoms with Crippen LogP contribution < -0.4 is 44.8 Å². The number of piperidine rings is 4. The van der Waals surface area contributed by atoms with E-state index in [1.54, 1.807) is 66.7 Å². The first kappa shape index (κ1) is 96.4. The lowest BCUT2D eigenvalue weighted by atomic mass is 9.97. The molecule has 12 rings (SSSR count). The summed E-state index contributed by atoms with van der Waals surface area (Å²) < 4.78 is 64.0. The molecular weight excluding hydrogens is 1550 g/mol. The molecule has 0 bridgehead atoms. The third-order valence-corrected chi connectivity index (χ3v) is 19.7. The number of terminal acetylenes is 1. The number of nitrogens with one attached hydrogen (secondary N) is 2. The number of nitrogens with zero attached hydrogens (tertiary/aromatic N) is 4. The summed E-state index contributed by atoms with van der Waals surface area (Å²) >= 11 is 5.22. The van der Waals surface area contributed by atoms with Crippen LogP contribution in [0.4, 0.5) is 0 Å². The molecule has 6 aromatic carbocycles. The average molecular weight is 1650 g/mol. The predicted molar refractivity (Wildman–Crippen MR) is 456 cm³/mol. The van der Waals surface area contributed by atoms with Crippen molar-refractivity contribution in [2.24, 2.45) is 5.73 Å². The monoisotopic (exact) mass is 1650 g/mol. The van der Waals surface area contributed by atoms with Crippen LogP contribution in [0.2, 0.25) is 0 Å². The van der Waals surface area contributed by atoms with Gasteiger partial charge in [0.25, 0.3) is 20.2 Å². The summed E-state index contributed by atoms with van der Waals surface area (Å²) in [5.41, 5.74) is 9.32. The third kappa shape index (κ3) is 37.5. The first-order chi connectivity index (χ1) is 56.7. The number of aliphatic hydroxyl groups is 1. The number of benzene rings is 6. The Labute approximate surface area is 700 Å². The largest absolute Gasteiger partial charge is 0.497 e. The fourth-order valence-corrected chi connectivity index (χ4v) is 12.7. The van der Waals surface area contributed by atoms with Crippen LogP contribution in [0.1, 0.15) is 95.7 Å². The van der Waals surface area contributed by atoms with Gasteiger partial charge < -0.3 is 59.0 Å². The Morgan fingerprint density at radius 3 is 1.15 bits per heavy atom. The molecule has 0 aromatic heterocycles. The maximum atomic E-state index is 13.1. The Hall–Kier alpha value is -11.2. The van der Waals surface area contributed by atoms with Gasteiger partial charge in [0.05, 0.1) is 67.4 Å². The number of ether oxygens (including phenoxy) is 8. The molecule has 25 heteroatoms. The van der Waals surface area contributed by atoms with Gasteiger partial charge in [-0.15, -0.1) is 6.42 Å². The lowest BCUT2D eigenvalue weighted by Gasteiger charge is -2.43. The summed E-state index contributed by atoms with van der Waals surface area (Å²) in [5, 5.41) is 13.9. The summed E-state index contributed by atoms with van der Waals surface area (Å²) in [7, 11) is 11.2. The number of halogens is 2. The second kappa shape index (κ2) is 55.4. The number of ketones is 2.